The number of amides is 1. The zero-order valence-electron chi connectivity index (χ0n) is 20.6. The molecule has 202 valence electrons. The van der Waals surface area contributed by atoms with E-state index in [1.165, 1.54) is 0 Å². The number of anilines is 1. The van der Waals surface area contributed by atoms with Crippen LogP contribution in [0.5, 0.6) is 11.5 Å². The zero-order valence-corrected chi connectivity index (χ0v) is 21.5. The van der Waals surface area contributed by atoms with Gasteiger partial charge in [-0.25, -0.2) is 12.7 Å². The Morgan fingerprint density at radius 3 is 2.24 bits per heavy atom. The molecule has 0 spiro atoms. The summed E-state index contributed by atoms with van der Waals surface area (Å²) in [5.41, 5.74) is 1.56. The number of hydrogen-bond acceptors (Lipinski definition) is 6. The molecule has 0 aromatic heterocycles. The number of rotatable bonds is 7. The fraction of sp³-hybridized carbons (Fsp3) is 0.480. The Bertz CT molecular complexity index is 1200. The number of benzene rings is 2. The van der Waals surface area contributed by atoms with Crippen LogP contribution in [0.15, 0.2) is 48.5 Å². The lowest BCUT2D eigenvalue weighted by Gasteiger charge is -2.38. The molecule has 2 aromatic rings. The van der Waals surface area contributed by atoms with Crippen LogP contribution in [-0.2, 0) is 14.8 Å². The molecule has 1 amide bonds. The molecule has 4 rings (SSSR count). The Kier molecular flexibility index (Phi) is 7.88. The van der Waals surface area contributed by atoms with E-state index in [0.29, 0.717) is 37.7 Å². The summed E-state index contributed by atoms with van der Waals surface area (Å²) in [5, 5.41) is 0. The number of sulfonamides is 1. The summed E-state index contributed by atoms with van der Waals surface area (Å²) in [6.07, 6.45) is -4.86. The average Bonchev–Trinajstić information content (AvgIpc) is 3.34. The topological polar surface area (TPSA) is 79.4 Å². The minimum Gasteiger partial charge on any atom is -0.497 e. The van der Waals surface area contributed by atoms with Gasteiger partial charge in [0.2, 0.25) is 15.9 Å². The van der Waals surface area contributed by atoms with Crippen LogP contribution in [-0.4, -0.2) is 88.9 Å². The average molecular weight is 542 g/mol. The van der Waals surface area contributed by atoms with Crippen molar-refractivity contribution >= 4 is 21.6 Å². The second-order valence-corrected chi connectivity index (χ2v) is 11.1. The first kappa shape index (κ1) is 27.1. The van der Waals surface area contributed by atoms with Crippen LogP contribution in [0.2, 0.25) is 0 Å². The highest BCUT2D eigenvalue weighted by Gasteiger charge is 2.47. The van der Waals surface area contributed by atoms with Crippen molar-refractivity contribution in [2.45, 2.75) is 12.1 Å². The maximum absolute atomic E-state index is 13.6. The molecule has 2 atom stereocenters. The van der Waals surface area contributed by atoms with Crippen molar-refractivity contribution < 1.29 is 35.9 Å². The second-order valence-electron chi connectivity index (χ2n) is 9.16. The number of hydrogen-bond donors (Lipinski definition) is 0. The maximum Gasteiger partial charge on any atom is 0.404 e. The van der Waals surface area contributed by atoms with Crippen molar-refractivity contribution in [3.63, 3.8) is 0 Å². The largest absolute Gasteiger partial charge is 0.497 e. The van der Waals surface area contributed by atoms with Crippen LogP contribution in [0.3, 0.4) is 0 Å². The Labute approximate surface area is 214 Å². The van der Waals surface area contributed by atoms with Crippen LogP contribution >= 0.6 is 0 Å². The molecule has 12 heteroatoms. The Balaban J connectivity index is 1.51. The summed E-state index contributed by atoms with van der Waals surface area (Å²) in [5.74, 6) is -2.16. The van der Waals surface area contributed by atoms with E-state index in [1.807, 2.05) is 12.1 Å². The van der Waals surface area contributed by atoms with E-state index in [9.17, 15) is 26.4 Å². The highest BCUT2D eigenvalue weighted by atomic mass is 32.2. The van der Waals surface area contributed by atoms with E-state index in [0.717, 1.165) is 15.6 Å². The molecule has 2 heterocycles. The molecule has 0 radical (unpaired) electrons. The lowest BCUT2D eigenvalue weighted by molar-refractivity contribution is -0.135. The molecule has 37 heavy (non-hydrogen) atoms. The van der Waals surface area contributed by atoms with E-state index in [1.54, 1.807) is 55.5 Å². The van der Waals surface area contributed by atoms with Crippen LogP contribution in [0, 0.1) is 5.92 Å². The highest BCUT2D eigenvalue weighted by molar-refractivity contribution is 7.89. The molecule has 2 aliphatic rings. The van der Waals surface area contributed by atoms with Gasteiger partial charge < -0.3 is 19.3 Å². The number of ether oxygens (including phenoxy) is 2. The van der Waals surface area contributed by atoms with Crippen LogP contribution in [0.4, 0.5) is 18.9 Å². The van der Waals surface area contributed by atoms with Crippen LogP contribution < -0.4 is 14.4 Å². The fourth-order valence-electron chi connectivity index (χ4n) is 5.03. The summed E-state index contributed by atoms with van der Waals surface area (Å²) in [4.78, 5) is 17.4. The first-order valence-electron chi connectivity index (χ1n) is 11.9. The lowest BCUT2D eigenvalue weighted by Crippen LogP contribution is -2.51. The molecule has 2 aromatic carbocycles. The van der Waals surface area contributed by atoms with Crippen molar-refractivity contribution in [2.24, 2.45) is 5.92 Å². The third-order valence-electron chi connectivity index (χ3n) is 6.89. The normalized spacial score (nSPS) is 21.2. The van der Waals surface area contributed by atoms with Gasteiger partial charge in [-0.15, -0.1) is 0 Å². The van der Waals surface area contributed by atoms with Gasteiger partial charge in [0.1, 0.15) is 11.5 Å². The molecule has 2 fully saturated rings. The molecule has 0 saturated carbocycles. The number of piperazine rings is 1. The van der Waals surface area contributed by atoms with Crippen molar-refractivity contribution in [1.29, 1.82) is 0 Å². The Morgan fingerprint density at radius 2 is 1.65 bits per heavy atom. The summed E-state index contributed by atoms with van der Waals surface area (Å²) in [6, 6.07) is 14.3. The van der Waals surface area contributed by atoms with E-state index in [4.69, 9.17) is 9.47 Å². The van der Waals surface area contributed by atoms with Crippen molar-refractivity contribution in [1.82, 2.24) is 9.21 Å². The molecule has 0 N–H and O–H groups in total. The number of alkyl halides is 3. The number of carbonyl (C=O) groups excluding carboxylic acids is 1. The maximum atomic E-state index is 13.6. The van der Waals surface area contributed by atoms with Crippen LogP contribution in [0.1, 0.15) is 11.5 Å². The quantitative estimate of drug-likeness (QED) is 0.537. The number of halogens is 3. The van der Waals surface area contributed by atoms with E-state index >= 15 is 0 Å². The molecule has 8 nitrogen and oxygen atoms in total. The lowest BCUT2D eigenvalue weighted by atomic mass is 9.88. The summed E-state index contributed by atoms with van der Waals surface area (Å²) in [7, 11) is -1.46. The molecular weight excluding hydrogens is 511 g/mol. The van der Waals surface area contributed by atoms with Crippen molar-refractivity contribution in [3.8, 4) is 11.5 Å². The van der Waals surface area contributed by atoms with E-state index in [-0.39, 0.29) is 19.0 Å². The molecule has 0 bridgehead atoms. The molecule has 0 unspecified atom stereocenters. The summed E-state index contributed by atoms with van der Waals surface area (Å²) in [6.45, 7) is 1.34. The van der Waals surface area contributed by atoms with E-state index in [2.05, 4.69) is 4.90 Å². The SMILES string of the molecule is COc1ccc(OC)c(N2CCN(C(=O)[C@@H]3CN(S(=O)(=O)CC(F)(F)F)C[C@H]3c3ccccc3)CC2)c1. The predicted octanol–water partition coefficient (Wildman–Crippen LogP) is 2.96. The van der Waals surface area contributed by atoms with Crippen LogP contribution in [0.25, 0.3) is 0 Å². The second kappa shape index (κ2) is 10.8. The molecule has 2 aliphatic heterocycles. The van der Waals surface area contributed by atoms with E-state index < -0.39 is 33.8 Å². The molecule has 2 saturated heterocycles. The summed E-state index contributed by atoms with van der Waals surface area (Å²) >= 11 is 0. The minimum absolute atomic E-state index is 0.167. The van der Waals surface area contributed by atoms with Crippen molar-refractivity contribution in [2.75, 3.05) is 64.1 Å². The summed E-state index contributed by atoms with van der Waals surface area (Å²) < 4.78 is 75.5. The molecular formula is C25H30F3N3O5S. The minimum atomic E-state index is -4.86. The van der Waals surface area contributed by atoms with Gasteiger partial charge in [0, 0.05) is 51.3 Å². The van der Waals surface area contributed by atoms with Crippen molar-refractivity contribution in [3.05, 3.63) is 54.1 Å². The predicted molar refractivity (Wildman–Crippen MR) is 132 cm³/mol. The fourth-order valence-corrected chi connectivity index (χ4v) is 6.40. The van der Waals surface area contributed by atoms with Gasteiger partial charge in [-0.2, -0.15) is 13.2 Å². The Hall–Kier alpha value is -2.99. The van der Waals surface area contributed by atoms with Gasteiger partial charge in [-0.05, 0) is 17.7 Å². The standard InChI is InChI=1S/C25H30F3N3O5S/c1-35-19-8-9-23(36-2)22(14-19)29-10-12-30(13-11-29)24(32)21-16-31(37(33,34)17-25(26,27)28)15-20(21)18-6-4-3-5-7-18/h3-9,14,20-21H,10-13,15-17H2,1-2H3/t20-,21+/m0/s1. The monoisotopic (exact) mass is 541 g/mol. The third kappa shape index (κ3) is 6.12. The first-order valence-corrected chi connectivity index (χ1v) is 13.5. The van der Waals surface area contributed by atoms with Gasteiger partial charge in [-0.3, -0.25) is 4.79 Å². The Morgan fingerprint density at radius 1 is 0.973 bits per heavy atom. The van der Waals surface area contributed by atoms with Gasteiger partial charge in [0.05, 0.1) is 25.8 Å². The van der Waals surface area contributed by atoms with Gasteiger partial charge in [0.15, 0.2) is 5.75 Å². The smallest absolute Gasteiger partial charge is 0.404 e. The number of carbonyl (C=O) groups is 1. The third-order valence-corrected chi connectivity index (χ3v) is 8.67. The van der Waals surface area contributed by atoms with Gasteiger partial charge in [0.25, 0.3) is 0 Å². The highest BCUT2D eigenvalue weighted by Crippen LogP contribution is 2.37. The van der Waals surface area contributed by atoms with Gasteiger partial charge >= 0.3 is 6.18 Å². The van der Waals surface area contributed by atoms with Gasteiger partial charge in [-0.1, -0.05) is 30.3 Å². The first-order chi connectivity index (χ1) is 17.5. The molecule has 0 aliphatic carbocycles. The number of nitrogens with zero attached hydrogens (tertiary/aromatic N) is 3. The number of methoxy groups -OCH3 is 2. The zero-order chi connectivity index (χ0) is 26.8.